The highest BCUT2D eigenvalue weighted by molar-refractivity contribution is 8.14. The van der Waals surface area contributed by atoms with Gasteiger partial charge in [0.2, 0.25) is 5.12 Å². The van der Waals surface area contributed by atoms with Gasteiger partial charge in [0.15, 0.2) is 0 Å². The monoisotopic (exact) mass is 222 g/mol. The second-order valence-corrected chi connectivity index (χ2v) is 4.52. The van der Waals surface area contributed by atoms with Gasteiger partial charge in [0.05, 0.1) is 0 Å². The molecule has 0 aliphatic rings. The largest absolute Gasteiger partial charge is 0.300 e. The number of hydrogen-bond acceptors (Lipinski definition) is 3. The Kier molecular flexibility index (Phi) is 4.56. The van der Waals surface area contributed by atoms with E-state index < -0.39 is 0 Å². The van der Waals surface area contributed by atoms with Crippen LogP contribution in [0.25, 0.3) is 0 Å². The van der Waals surface area contributed by atoms with E-state index in [1.165, 1.54) is 18.7 Å². The lowest BCUT2D eigenvalue weighted by Gasteiger charge is -2.00. The fourth-order valence-electron chi connectivity index (χ4n) is 1.06. The quantitative estimate of drug-likeness (QED) is 0.785. The molecule has 0 aliphatic heterocycles. The van der Waals surface area contributed by atoms with E-state index in [4.69, 9.17) is 0 Å². The van der Waals surface area contributed by atoms with Gasteiger partial charge in [-0.3, -0.25) is 9.59 Å². The topological polar surface area (TPSA) is 34.1 Å². The van der Waals surface area contributed by atoms with Crippen LogP contribution in [0.5, 0.6) is 0 Å². The zero-order valence-corrected chi connectivity index (χ0v) is 9.76. The third kappa shape index (κ3) is 4.30. The lowest BCUT2D eigenvalue weighted by atomic mass is 10.2. The summed E-state index contributed by atoms with van der Waals surface area (Å²) < 4.78 is 0. The minimum Gasteiger partial charge on any atom is -0.300 e. The Balaban J connectivity index is 2.47. The first kappa shape index (κ1) is 12.0. The van der Waals surface area contributed by atoms with E-state index >= 15 is 0 Å². The van der Waals surface area contributed by atoms with Crippen molar-refractivity contribution in [2.75, 3.05) is 5.75 Å². The van der Waals surface area contributed by atoms with Crippen LogP contribution in [0, 0.1) is 6.92 Å². The molecule has 1 aromatic rings. The Morgan fingerprint density at radius 3 is 2.33 bits per heavy atom. The zero-order valence-electron chi connectivity index (χ0n) is 8.95. The number of rotatable bonds is 4. The molecule has 0 saturated carbocycles. The fraction of sp³-hybridized carbons (Fsp3) is 0.333. The molecule has 0 atom stereocenters. The van der Waals surface area contributed by atoms with Crippen LogP contribution in [0.1, 0.15) is 29.3 Å². The first-order chi connectivity index (χ1) is 7.09. The van der Waals surface area contributed by atoms with Gasteiger partial charge in [-0.15, -0.1) is 0 Å². The van der Waals surface area contributed by atoms with E-state index in [2.05, 4.69) is 0 Å². The number of thioether (sulfide) groups is 1. The van der Waals surface area contributed by atoms with Crippen molar-refractivity contribution >= 4 is 22.7 Å². The molecule has 0 N–H and O–H groups in total. The SMILES string of the molecule is CC(=O)CCSC(=O)c1ccc(C)cc1. The molecule has 0 amide bonds. The molecule has 0 fully saturated rings. The molecular weight excluding hydrogens is 208 g/mol. The van der Waals surface area contributed by atoms with Crippen molar-refractivity contribution in [3.05, 3.63) is 35.4 Å². The molecule has 15 heavy (non-hydrogen) atoms. The van der Waals surface area contributed by atoms with E-state index in [-0.39, 0.29) is 10.9 Å². The van der Waals surface area contributed by atoms with Crippen LogP contribution in [0.2, 0.25) is 0 Å². The van der Waals surface area contributed by atoms with E-state index in [0.29, 0.717) is 17.7 Å². The van der Waals surface area contributed by atoms with Crippen LogP contribution in [-0.2, 0) is 4.79 Å². The summed E-state index contributed by atoms with van der Waals surface area (Å²) >= 11 is 1.20. The maximum atomic E-state index is 11.6. The van der Waals surface area contributed by atoms with Gasteiger partial charge < -0.3 is 0 Å². The van der Waals surface area contributed by atoms with Crippen LogP contribution < -0.4 is 0 Å². The van der Waals surface area contributed by atoms with Gasteiger partial charge in [-0.2, -0.15) is 0 Å². The summed E-state index contributed by atoms with van der Waals surface area (Å²) in [6, 6.07) is 7.47. The molecule has 0 aromatic heterocycles. The maximum Gasteiger partial charge on any atom is 0.219 e. The van der Waals surface area contributed by atoms with Crippen LogP contribution in [0.4, 0.5) is 0 Å². The average molecular weight is 222 g/mol. The Bertz CT molecular complexity index is 354. The normalized spacial score (nSPS) is 10.0. The second kappa shape index (κ2) is 5.71. The Morgan fingerprint density at radius 2 is 1.80 bits per heavy atom. The number of Topliss-reactive ketones (excluding diaryl/α,β-unsaturated/α-hetero) is 1. The molecule has 3 heteroatoms. The Hall–Kier alpha value is -1.09. The Morgan fingerprint density at radius 1 is 1.20 bits per heavy atom. The maximum absolute atomic E-state index is 11.6. The fourth-order valence-corrected chi connectivity index (χ4v) is 1.94. The second-order valence-electron chi connectivity index (χ2n) is 3.45. The smallest absolute Gasteiger partial charge is 0.219 e. The Labute approximate surface area is 94.1 Å². The summed E-state index contributed by atoms with van der Waals surface area (Å²) in [7, 11) is 0. The van der Waals surface area contributed by atoms with E-state index in [9.17, 15) is 9.59 Å². The van der Waals surface area contributed by atoms with Crippen molar-refractivity contribution in [3.8, 4) is 0 Å². The highest BCUT2D eigenvalue weighted by Crippen LogP contribution is 2.14. The summed E-state index contributed by atoms with van der Waals surface area (Å²) in [5.74, 6) is 0.696. The van der Waals surface area contributed by atoms with Gasteiger partial charge in [-0.05, 0) is 13.8 Å². The molecule has 1 rings (SSSR count). The van der Waals surface area contributed by atoms with Gasteiger partial charge >= 0.3 is 0 Å². The minimum absolute atomic E-state index is 0.0382. The van der Waals surface area contributed by atoms with Crippen molar-refractivity contribution < 1.29 is 9.59 Å². The summed E-state index contributed by atoms with van der Waals surface area (Å²) in [6.45, 7) is 3.52. The highest BCUT2D eigenvalue weighted by atomic mass is 32.2. The molecule has 0 spiro atoms. The predicted molar refractivity (Wildman–Crippen MR) is 63.3 cm³/mol. The van der Waals surface area contributed by atoms with Gasteiger partial charge in [-0.1, -0.05) is 41.6 Å². The summed E-state index contributed by atoms with van der Waals surface area (Å²) in [5, 5.41) is 0.0382. The molecular formula is C12H14O2S. The van der Waals surface area contributed by atoms with Gasteiger partial charge in [0.25, 0.3) is 0 Å². The number of aryl methyl sites for hydroxylation is 1. The number of hydrogen-bond donors (Lipinski definition) is 0. The van der Waals surface area contributed by atoms with E-state index in [0.717, 1.165) is 5.56 Å². The van der Waals surface area contributed by atoms with Gasteiger partial charge in [0, 0.05) is 17.7 Å². The van der Waals surface area contributed by atoms with Crippen LogP contribution in [0.15, 0.2) is 24.3 Å². The van der Waals surface area contributed by atoms with Gasteiger partial charge in [-0.25, -0.2) is 0 Å². The number of carbonyl (C=O) groups is 2. The van der Waals surface area contributed by atoms with E-state index in [1.54, 1.807) is 0 Å². The molecule has 0 aliphatic carbocycles. The van der Waals surface area contributed by atoms with Crippen molar-refractivity contribution in [3.63, 3.8) is 0 Å². The van der Waals surface area contributed by atoms with Crippen molar-refractivity contribution in [1.29, 1.82) is 0 Å². The number of carbonyl (C=O) groups excluding carboxylic acids is 2. The zero-order chi connectivity index (χ0) is 11.3. The van der Waals surface area contributed by atoms with Crippen LogP contribution in [0.3, 0.4) is 0 Å². The van der Waals surface area contributed by atoms with Crippen molar-refractivity contribution in [1.82, 2.24) is 0 Å². The summed E-state index contributed by atoms with van der Waals surface area (Å²) in [6.07, 6.45) is 0.461. The number of ketones is 1. The first-order valence-electron chi connectivity index (χ1n) is 4.83. The number of benzene rings is 1. The molecule has 80 valence electrons. The lowest BCUT2D eigenvalue weighted by Crippen LogP contribution is -1.98. The molecule has 0 bridgehead atoms. The van der Waals surface area contributed by atoms with Crippen molar-refractivity contribution in [2.24, 2.45) is 0 Å². The van der Waals surface area contributed by atoms with E-state index in [1.807, 2.05) is 31.2 Å². The summed E-state index contributed by atoms with van der Waals surface area (Å²) in [5.41, 5.74) is 1.84. The minimum atomic E-state index is 0.0382. The third-order valence-electron chi connectivity index (χ3n) is 1.97. The predicted octanol–water partition coefficient (Wildman–Crippen LogP) is 2.85. The molecule has 1 aromatic carbocycles. The first-order valence-corrected chi connectivity index (χ1v) is 5.81. The molecule has 0 radical (unpaired) electrons. The standard InChI is InChI=1S/C12H14O2S/c1-9-3-5-11(6-4-9)12(14)15-8-7-10(2)13/h3-6H,7-8H2,1-2H3. The average Bonchev–Trinajstić information content (AvgIpc) is 2.18. The van der Waals surface area contributed by atoms with Crippen LogP contribution in [-0.4, -0.2) is 16.7 Å². The van der Waals surface area contributed by atoms with Crippen molar-refractivity contribution in [2.45, 2.75) is 20.3 Å². The molecule has 0 unspecified atom stereocenters. The summed E-state index contributed by atoms with van der Waals surface area (Å²) in [4.78, 5) is 22.3. The molecule has 0 heterocycles. The highest BCUT2D eigenvalue weighted by Gasteiger charge is 2.06. The lowest BCUT2D eigenvalue weighted by molar-refractivity contribution is -0.116. The van der Waals surface area contributed by atoms with Gasteiger partial charge in [0.1, 0.15) is 5.78 Å². The third-order valence-corrected chi connectivity index (χ3v) is 2.88. The molecule has 2 nitrogen and oxygen atoms in total. The molecule has 0 saturated heterocycles. The van der Waals surface area contributed by atoms with Crippen LogP contribution >= 0.6 is 11.8 Å².